The van der Waals surface area contributed by atoms with Crippen LogP contribution < -0.4 is 17.2 Å². The molecule has 1 aliphatic carbocycles. The predicted molar refractivity (Wildman–Crippen MR) is 320 cm³/mol. The predicted octanol–water partition coefficient (Wildman–Crippen LogP) is 2.32. The Morgan fingerprint density at radius 2 is 1.26 bits per heavy atom. The van der Waals surface area contributed by atoms with E-state index >= 15 is 0 Å². The maximum atomic E-state index is 12.1. The fourth-order valence-corrected chi connectivity index (χ4v) is 10.7. The molecule has 8 unspecified atom stereocenters. The molecule has 518 valence electrons. The molecule has 1 saturated carbocycles. The number of carboxylic acid groups (broad SMARTS) is 1. The van der Waals surface area contributed by atoms with E-state index in [1.54, 1.807) is 24.3 Å². The number of hydrogen-bond donors (Lipinski definition) is 5. The van der Waals surface area contributed by atoms with Crippen molar-refractivity contribution in [3.8, 4) is 30.3 Å². The number of nitrogens with two attached hydrogens (primary N) is 1. The van der Waals surface area contributed by atoms with Crippen LogP contribution in [0.15, 0.2) is 60.0 Å². The number of ether oxygens (including phenoxy) is 10. The summed E-state index contributed by atoms with van der Waals surface area (Å²) in [6, 6.07) is 7.80. The molecule has 2 aromatic heterocycles. The number of fused-ring (bicyclic) bond motifs is 3. The number of aliphatic hydroxyl groups is 1. The van der Waals surface area contributed by atoms with Crippen LogP contribution in [0.1, 0.15) is 100.0 Å². The molecule has 3 fully saturated rings. The van der Waals surface area contributed by atoms with Crippen molar-refractivity contribution in [1.29, 1.82) is 26.3 Å². The molecular weight excluding hydrogens is 1270 g/mol. The molecular formula is C61H75N11O24. The van der Waals surface area contributed by atoms with Crippen LogP contribution in [-0.4, -0.2) is 180 Å². The number of aliphatic hydroxyl groups excluding tert-OH is 1. The van der Waals surface area contributed by atoms with E-state index in [9.17, 15) is 53.1 Å². The number of Topliss-reactive ketones (excluding diaryl/α,β-unsaturated/α-hetero) is 3. The van der Waals surface area contributed by atoms with Gasteiger partial charge in [0.25, 0.3) is 0 Å². The quantitative estimate of drug-likeness (QED) is 0.0265. The molecule has 0 aromatic carbocycles. The topological polar surface area (TPSA) is 555 Å². The van der Waals surface area contributed by atoms with E-state index in [2.05, 4.69) is 36.0 Å². The molecule has 7 aliphatic rings. The summed E-state index contributed by atoms with van der Waals surface area (Å²) in [5.41, 5.74) is 9.64. The van der Waals surface area contributed by atoms with Gasteiger partial charge in [-0.2, -0.15) is 26.3 Å². The molecule has 0 radical (unpaired) electrons. The first-order chi connectivity index (χ1) is 45.9. The monoisotopic (exact) mass is 1350 g/mol. The molecule has 9 rings (SSSR count). The SMILES string of the molecule is C=CC#N.COC(=O)C1(CCC#N)C=CCOC1.COC(=O)C1(CCC#N)COCC(N)C1=O.COC(=O)C1(CCC#N)COCC(N=[N+]=[N-])C1O.COC(=O)C1(CCC#N)COCc2[nH]c(=O)oc21.O=C(O)C1=CCCOC1.O=C1CCC2(COCc3[nH]c(=O)oc32)C(=O)C1. The highest BCUT2D eigenvalue weighted by atomic mass is 16.6. The molecule has 2 saturated heterocycles. The number of rotatable bonds is 14. The summed E-state index contributed by atoms with van der Waals surface area (Å²) in [4.78, 5) is 123. The molecule has 6 aliphatic heterocycles. The molecule has 35 heteroatoms. The maximum absolute atomic E-state index is 12.1. The number of nitriles is 5. The fraction of sp³-hybridized carbons (Fsp3) is 0.590. The number of nitrogens with zero attached hydrogens (tertiary/aromatic N) is 8. The van der Waals surface area contributed by atoms with Gasteiger partial charge in [0.2, 0.25) is 0 Å². The van der Waals surface area contributed by atoms with Crippen LogP contribution in [0, 0.1) is 72.9 Å². The summed E-state index contributed by atoms with van der Waals surface area (Å²) in [7, 11) is 4.98. The lowest BCUT2D eigenvalue weighted by molar-refractivity contribution is -0.180. The zero-order chi connectivity index (χ0) is 71.5. The third-order valence-corrected chi connectivity index (χ3v) is 15.8. The third-order valence-electron chi connectivity index (χ3n) is 15.8. The Balaban J connectivity index is 0.000000299. The lowest BCUT2D eigenvalue weighted by Gasteiger charge is -2.41. The fourth-order valence-electron chi connectivity index (χ4n) is 10.7. The first-order valence-electron chi connectivity index (χ1n) is 29.3. The molecule has 0 amide bonds. The zero-order valence-electron chi connectivity index (χ0n) is 53.3. The Bertz CT molecular complexity index is 3530. The summed E-state index contributed by atoms with van der Waals surface area (Å²) in [5.74, 6) is -4.41. The number of azide groups is 1. The van der Waals surface area contributed by atoms with Crippen LogP contribution in [-0.2, 0) is 110 Å². The molecule has 6 N–H and O–H groups in total. The smallest absolute Gasteiger partial charge is 0.416 e. The molecule has 8 atom stereocenters. The van der Waals surface area contributed by atoms with Crippen molar-refractivity contribution in [3.05, 3.63) is 90.9 Å². The Morgan fingerprint density at radius 3 is 1.78 bits per heavy atom. The van der Waals surface area contributed by atoms with Crippen molar-refractivity contribution in [2.24, 2.45) is 27.1 Å². The molecule has 35 nitrogen and oxygen atoms in total. The number of aromatic nitrogens is 2. The second-order valence-corrected chi connectivity index (χ2v) is 21.8. The van der Waals surface area contributed by atoms with Gasteiger partial charge in [-0.3, -0.25) is 43.5 Å². The van der Waals surface area contributed by atoms with Crippen molar-refractivity contribution in [1.82, 2.24) is 9.97 Å². The highest BCUT2D eigenvalue weighted by Crippen LogP contribution is 2.41. The Hall–Kier alpha value is -9.96. The average molecular weight is 1350 g/mol. The largest absolute Gasteiger partial charge is 0.478 e. The van der Waals surface area contributed by atoms with Gasteiger partial charge in [-0.25, -0.2) is 14.4 Å². The standard InChI is InChI=1S/C11H12N2O5.C11H11NO5.C10H14N4O4.C10H14N2O4.C10H13NO3.C6H8O3.C3H3N/c1-16-9(14)11(3-2-4-12)6-17-5-7-8(11)18-10(15)13-7;13-6-1-2-11(8(14)3-6)5-16-4-7-9(11)17-10(15)12-7;1-17-9(16)10(3-2-4-11)6-18-5-7(8(10)15)13-14-12;1-15-9(14)10(3-2-4-11)6-16-5-7(12)8(10)13;1-13-9(12)10(4-2-6-11)5-3-7-14-8-10;7-6(8)5-2-1-3-9-4-5;1-2-3-4/h2-3,5-6H2,1H3,(H,13,15);1-5H2,(H,12,15);7-8,15H,2-3,5-6H2,1H3;7H,2-3,5-6,12H2,1H3;3,5H,2,4,7-8H2,1H3;2H,1,3-4H2,(H,7,8);2H,1H2. The highest BCUT2D eigenvalue weighted by Gasteiger charge is 2.54. The van der Waals surface area contributed by atoms with Crippen molar-refractivity contribution < 1.29 is 105 Å². The number of aromatic amines is 2. The van der Waals surface area contributed by atoms with Crippen LogP contribution in [0.4, 0.5) is 0 Å². The van der Waals surface area contributed by atoms with E-state index in [1.165, 1.54) is 34.5 Å². The minimum Gasteiger partial charge on any atom is -0.478 e. The van der Waals surface area contributed by atoms with E-state index in [0.29, 0.717) is 68.2 Å². The number of ketones is 3. The molecule has 2 aromatic rings. The minimum atomic E-state index is -1.40. The number of oxazole rings is 2. The number of carbonyl (C=O) groups is 8. The van der Waals surface area contributed by atoms with E-state index < -0.39 is 86.4 Å². The van der Waals surface area contributed by atoms with Crippen molar-refractivity contribution in [3.63, 3.8) is 0 Å². The Morgan fingerprint density at radius 1 is 0.719 bits per heavy atom. The Kier molecular flexibility index (Phi) is 33.2. The van der Waals surface area contributed by atoms with Crippen LogP contribution in [0.25, 0.3) is 10.4 Å². The highest BCUT2D eigenvalue weighted by molar-refractivity contribution is 6.07. The Labute approximate surface area is 548 Å². The van der Waals surface area contributed by atoms with Gasteiger partial charge in [0, 0.05) is 43.1 Å². The van der Waals surface area contributed by atoms with Crippen LogP contribution in [0.2, 0.25) is 0 Å². The summed E-state index contributed by atoms with van der Waals surface area (Å²) in [6.07, 6.45) is 7.96. The number of methoxy groups -OCH3 is 4. The second-order valence-electron chi connectivity index (χ2n) is 21.8. The van der Waals surface area contributed by atoms with Gasteiger partial charge in [0.1, 0.15) is 27.8 Å². The number of carboxylic acids is 1. The van der Waals surface area contributed by atoms with Gasteiger partial charge in [0.15, 0.2) is 28.2 Å². The van der Waals surface area contributed by atoms with Gasteiger partial charge < -0.3 is 72.1 Å². The average Bonchev–Trinajstić information content (AvgIpc) is 1.51. The van der Waals surface area contributed by atoms with Crippen molar-refractivity contribution >= 4 is 47.2 Å². The first kappa shape index (κ1) is 80.3. The van der Waals surface area contributed by atoms with Crippen molar-refractivity contribution in [2.45, 2.75) is 119 Å². The summed E-state index contributed by atoms with van der Waals surface area (Å²) in [6.45, 7) is 5.51. The number of H-pyrrole nitrogens is 2. The van der Waals surface area contributed by atoms with Crippen LogP contribution in [0.3, 0.4) is 0 Å². The first-order valence-corrected chi connectivity index (χ1v) is 29.3. The summed E-state index contributed by atoms with van der Waals surface area (Å²) in [5, 5.41) is 63.8. The van der Waals surface area contributed by atoms with Gasteiger partial charge in [-0.05, 0) is 44.1 Å². The molecule has 96 heavy (non-hydrogen) atoms. The maximum Gasteiger partial charge on any atom is 0.416 e. The van der Waals surface area contributed by atoms with Gasteiger partial charge >= 0.3 is 41.4 Å². The number of nitrogens with one attached hydrogen (secondary N) is 2. The van der Waals surface area contributed by atoms with E-state index in [1.807, 2.05) is 24.3 Å². The third kappa shape index (κ3) is 20.5. The summed E-state index contributed by atoms with van der Waals surface area (Å²) < 4.78 is 59.9. The van der Waals surface area contributed by atoms with Gasteiger partial charge in [0.05, 0.1) is 180 Å². The lowest BCUT2D eigenvalue weighted by atomic mass is 9.70. The summed E-state index contributed by atoms with van der Waals surface area (Å²) >= 11 is 0. The number of hydrogen-bond acceptors (Lipinski definition) is 30. The number of aliphatic carboxylic acids is 1. The molecule has 0 bridgehead atoms. The molecule has 8 heterocycles. The molecule has 1 spiro atoms. The normalized spacial score (nSPS) is 25.5. The number of carbonyl (C=O) groups excluding carboxylic acids is 7. The number of allylic oxidation sites excluding steroid dienone is 1. The van der Waals surface area contributed by atoms with Crippen LogP contribution >= 0.6 is 0 Å². The second kappa shape index (κ2) is 39.7. The van der Waals surface area contributed by atoms with E-state index in [-0.39, 0.29) is 128 Å². The lowest BCUT2D eigenvalue weighted by Crippen LogP contribution is -2.57. The van der Waals surface area contributed by atoms with Crippen LogP contribution in [0.5, 0.6) is 0 Å². The zero-order valence-corrected chi connectivity index (χ0v) is 53.3. The van der Waals surface area contributed by atoms with Gasteiger partial charge in [-0.1, -0.05) is 29.9 Å². The van der Waals surface area contributed by atoms with Gasteiger partial charge in [-0.15, -0.1) is 0 Å². The minimum absolute atomic E-state index is 0.0369. The van der Waals surface area contributed by atoms with E-state index in [4.69, 9.17) is 89.4 Å². The van der Waals surface area contributed by atoms with Crippen molar-refractivity contribution in [2.75, 3.05) is 94.5 Å². The number of esters is 4. The van der Waals surface area contributed by atoms with E-state index in [0.717, 1.165) is 6.42 Å².